The summed E-state index contributed by atoms with van der Waals surface area (Å²) >= 11 is 0. The van der Waals surface area contributed by atoms with Gasteiger partial charge in [-0.25, -0.2) is 4.39 Å². The van der Waals surface area contributed by atoms with E-state index in [9.17, 15) is 4.39 Å². The summed E-state index contributed by atoms with van der Waals surface area (Å²) in [5, 5.41) is 0. The molecule has 0 heterocycles. The Bertz CT molecular complexity index is 344. The minimum absolute atomic E-state index is 0.0943. The minimum atomic E-state index is -0.318. The predicted octanol–water partition coefficient (Wildman–Crippen LogP) is 2.13. The Kier molecular flexibility index (Phi) is 5.94. The van der Waals surface area contributed by atoms with E-state index >= 15 is 0 Å². The fourth-order valence-corrected chi connectivity index (χ4v) is 1.64. The minimum Gasteiger partial charge on any atom is -0.494 e. The quantitative estimate of drug-likeness (QED) is 0.744. The second-order valence-electron chi connectivity index (χ2n) is 3.88. The molecular weight excluding hydrogens is 221 g/mol. The van der Waals surface area contributed by atoms with Crippen LogP contribution in [0.15, 0.2) is 18.2 Å². The lowest BCUT2D eigenvalue weighted by atomic mass is 10.0. The molecule has 0 fully saturated rings. The molecule has 0 saturated carbocycles. The van der Waals surface area contributed by atoms with E-state index < -0.39 is 0 Å². The summed E-state index contributed by atoms with van der Waals surface area (Å²) in [5.41, 5.74) is 6.51. The molecule has 1 atom stereocenters. The molecule has 1 aromatic carbocycles. The van der Waals surface area contributed by atoms with Crippen LogP contribution in [0, 0.1) is 5.82 Å². The molecule has 96 valence electrons. The van der Waals surface area contributed by atoms with Crippen LogP contribution in [-0.2, 0) is 11.2 Å². The van der Waals surface area contributed by atoms with Gasteiger partial charge in [0.05, 0.1) is 7.11 Å². The van der Waals surface area contributed by atoms with Crippen molar-refractivity contribution in [2.45, 2.75) is 25.8 Å². The second-order valence-corrected chi connectivity index (χ2v) is 3.88. The van der Waals surface area contributed by atoms with Crippen LogP contribution in [0.4, 0.5) is 4.39 Å². The number of methoxy groups -OCH3 is 1. The summed E-state index contributed by atoms with van der Waals surface area (Å²) in [5.74, 6) is -0.0543. The molecule has 0 aliphatic carbocycles. The molecule has 4 heteroatoms. The molecule has 0 aromatic heterocycles. The van der Waals surface area contributed by atoms with Crippen LogP contribution in [0.3, 0.4) is 0 Å². The Balaban J connectivity index is 2.55. The highest BCUT2D eigenvalue weighted by Crippen LogP contribution is 2.21. The van der Waals surface area contributed by atoms with Crippen LogP contribution in [0.25, 0.3) is 0 Å². The average Bonchev–Trinajstić information content (AvgIpc) is 2.32. The van der Waals surface area contributed by atoms with E-state index in [1.807, 2.05) is 6.92 Å². The van der Waals surface area contributed by atoms with E-state index in [1.165, 1.54) is 7.11 Å². The van der Waals surface area contributed by atoms with Gasteiger partial charge in [0, 0.05) is 19.3 Å². The predicted molar refractivity (Wildman–Crippen MR) is 65.7 cm³/mol. The van der Waals surface area contributed by atoms with Crippen molar-refractivity contribution in [1.82, 2.24) is 0 Å². The molecule has 0 aliphatic rings. The first-order valence-corrected chi connectivity index (χ1v) is 5.83. The fourth-order valence-electron chi connectivity index (χ4n) is 1.64. The molecule has 0 bridgehead atoms. The zero-order valence-corrected chi connectivity index (χ0v) is 10.4. The van der Waals surface area contributed by atoms with Crippen molar-refractivity contribution in [2.75, 3.05) is 20.3 Å². The monoisotopic (exact) mass is 241 g/mol. The molecular formula is C13H20FNO2. The average molecular weight is 241 g/mol. The van der Waals surface area contributed by atoms with Crippen molar-refractivity contribution < 1.29 is 13.9 Å². The molecule has 1 aromatic rings. The van der Waals surface area contributed by atoms with Gasteiger partial charge in [-0.2, -0.15) is 0 Å². The summed E-state index contributed by atoms with van der Waals surface area (Å²) in [6.07, 6.45) is 1.22. The smallest absolute Gasteiger partial charge is 0.168 e. The number of benzene rings is 1. The number of ether oxygens (including phenoxy) is 2. The van der Waals surface area contributed by atoms with Crippen LogP contribution in [0.2, 0.25) is 0 Å². The van der Waals surface area contributed by atoms with Gasteiger partial charge in [-0.15, -0.1) is 0 Å². The molecule has 3 nitrogen and oxygen atoms in total. The van der Waals surface area contributed by atoms with Crippen molar-refractivity contribution in [1.29, 1.82) is 0 Å². The zero-order valence-electron chi connectivity index (χ0n) is 10.4. The largest absolute Gasteiger partial charge is 0.494 e. The van der Waals surface area contributed by atoms with Crippen molar-refractivity contribution in [2.24, 2.45) is 5.73 Å². The Labute approximate surface area is 102 Å². The highest BCUT2D eigenvalue weighted by Gasteiger charge is 2.11. The highest BCUT2D eigenvalue weighted by atomic mass is 19.1. The van der Waals surface area contributed by atoms with Crippen LogP contribution in [0.5, 0.6) is 5.75 Å². The van der Waals surface area contributed by atoms with Gasteiger partial charge in [-0.1, -0.05) is 12.1 Å². The summed E-state index contributed by atoms with van der Waals surface area (Å²) in [7, 11) is 1.46. The number of halogens is 1. The van der Waals surface area contributed by atoms with E-state index in [0.29, 0.717) is 25.2 Å². The first-order chi connectivity index (χ1) is 8.19. The summed E-state index contributed by atoms with van der Waals surface area (Å²) in [6, 6.07) is 5.01. The SMILES string of the molecule is CCOCCC(N)Cc1cccc(OC)c1F. The maximum atomic E-state index is 13.8. The molecule has 1 rings (SSSR count). The Morgan fingerprint density at radius 1 is 1.41 bits per heavy atom. The standard InChI is InChI=1S/C13H20FNO2/c1-3-17-8-7-11(15)9-10-5-4-6-12(16-2)13(10)14/h4-6,11H,3,7-9,15H2,1-2H3. The fraction of sp³-hybridized carbons (Fsp3) is 0.538. The van der Waals surface area contributed by atoms with Gasteiger partial charge in [0.15, 0.2) is 11.6 Å². The van der Waals surface area contributed by atoms with Crippen LogP contribution >= 0.6 is 0 Å². The van der Waals surface area contributed by atoms with Gasteiger partial charge >= 0.3 is 0 Å². The molecule has 1 unspecified atom stereocenters. The first kappa shape index (κ1) is 13.9. The van der Waals surface area contributed by atoms with Gasteiger partial charge in [-0.05, 0) is 31.4 Å². The van der Waals surface area contributed by atoms with Gasteiger partial charge in [0.25, 0.3) is 0 Å². The normalized spacial score (nSPS) is 12.5. The number of nitrogens with two attached hydrogens (primary N) is 1. The highest BCUT2D eigenvalue weighted by molar-refractivity contribution is 5.31. The van der Waals surface area contributed by atoms with E-state index in [2.05, 4.69) is 0 Å². The summed E-state index contributed by atoms with van der Waals surface area (Å²) in [6.45, 7) is 3.23. The molecule has 17 heavy (non-hydrogen) atoms. The lowest BCUT2D eigenvalue weighted by molar-refractivity contribution is 0.140. The van der Waals surface area contributed by atoms with E-state index in [0.717, 1.165) is 6.42 Å². The van der Waals surface area contributed by atoms with Crippen molar-refractivity contribution in [3.63, 3.8) is 0 Å². The number of hydrogen-bond donors (Lipinski definition) is 1. The third kappa shape index (κ3) is 4.32. The van der Waals surface area contributed by atoms with E-state index in [4.69, 9.17) is 15.2 Å². The molecule has 0 aliphatic heterocycles. The topological polar surface area (TPSA) is 44.5 Å². The third-order valence-corrected chi connectivity index (χ3v) is 2.58. The lowest BCUT2D eigenvalue weighted by Crippen LogP contribution is -2.25. The maximum absolute atomic E-state index is 13.8. The molecule has 2 N–H and O–H groups in total. The third-order valence-electron chi connectivity index (χ3n) is 2.58. The van der Waals surface area contributed by atoms with Crippen molar-refractivity contribution >= 4 is 0 Å². The molecule has 0 amide bonds. The van der Waals surface area contributed by atoms with Crippen LogP contribution < -0.4 is 10.5 Å². The lowest BCUT2D eigenvalue weighted by Gasteiger charge is -2.13. The van der Waals surface area contributed by atoms with Crippen molar-refractivity contribution in [3.8, 4) is 5.75 Å². The van der Waals surface area contributed by atoms with Gasteiger partial charge in [0.1, 0.15) is 0 Å². The molecule has 0 radical (unpaired) electrons. The first-order valence-electron chi connectivity index (χ1n) is 5.83. The Hall–Kier alpha value is -1.13. The Morgan fingerprint density at radius 2 is 2.18 bits per heavy atom. The Morgan fingerprint density at radius 3 is 2.82 bits per heavy atom. The zero-order chi connectivity index (χ0) is 12.7. The maximum Gasteiger partial charge on any atom is 0.168 e. The van der Waals surface area contributed by atoms with Crippen molar-refractivity contribution in [3.05, 3.63) is 29.6 Å². The molecule has 0 saturated heterocycles. The van der Waals surface area contributed by atoms with Crippen LogP contribution in [0.1, 0.15) is 18.9 Å². The molecule has 0 spiro atoms. The van der Waals surface area contributed by atoms with Gasteiger partial charge < -0.3 is 15.2 Å². The van der Waals surface area contributed by atoms with Gasteiger partial charge in [-0.3, -0.25) is 0 Å². The summed E-state index contributed by atoms with van der Waals surface area (Å²) < 4.78 is 24.0. The number of rotatable bonds is 7. The number of hydrogen-bond acceptors (Lipinski definition) is 3. The second kappa shape index (κ2) is 7.25. The van der Waals surface area contributed by atoms with E-state index in [-0.39, 0.29) is 17.6 Å². The van der Waals surface area contributed by atoms with Crippen LogP contribution in [-0.4, -0.2) is 26.4 Å². The van der Waals surface area contributed by atoms with Gasteiger partial charge in [0.2, 0.25) is 0 Å². The summed E-state index contributed by atoms with van der Waals surface area (Å²) in [4.78, 5) is 0. The van der Waals surface area contributed by atoms with E-state index in [1.54, 1.807) is 18.2 Å².